The van der Waals surface area contributed by atoms with E-state index in [0.717, 1.165) is 46.5 Å². The molecule has 6 heterocycles. The Hall–Kier alpha value is -5.50. The zero-order valence-electron chi connectivity index (χ0n) is 27.7. The fraction of sp³-hybridized carbons (Fsp3) is 0.211. The molecule has 0 radical (unpaired) electrons. The summed E-state index contributed by atoms with van der Waals surface area (Å²) in [6.45, 7) is 3.25. The summed E-state index contributed by atoms with van der Waals surface area (Å²) in [5, 5.41) is 2.62. The molecule has 1 amide bonds. The van der Waals surface area contributed by atoms with Gasteiger partial charge in [-0.15, -0.1) is 11.3 Å². The van der Waals surface area contributed by atoms with Crippen molar-refractivity contribution in [3.63, 3.8) is 0 Å². The van der Waals surface area contributed by atoms with E-state index in [2.05, 4.69) is 40.3 Å². The normalized spacial score (nSPS) is 14.4. The number of pyridine rings is 3. The van der Waals surface area contributed by atoms with E-state index in [1.165, 1.54) is 52.3 Å². The van der Waals surface area contributed by atoms with Gasteiger partial charge in [-0.25, -0.2) is 8.78 Å². The summed E-state index contributed by atoms with van der Waals surface area (Å²) in [4.78, 5) is 41.7. The van der Waals surface area contributed by atoms with E-state index in [0.29, 0.717) is 41.6 Å². The van der Waals surface area contributed by atoms with Gasteiger partial charge in [-0.05, 0) is 68.2 Å². The first-order chi connectivity index (χ1) is 24.7. The molecule has 0 unspecified atom stereocenters. The maximum absolute atomic E-state index is 15.5. The SMILES string of the molecule is CN(C)C1CN(Cc2ccc(-c3cc4nccc(Oc5ccc(NC(=O)c6c7c(cn(-c8ccc(F)cc8)c6=O)CCO7)cc5F)c4s3)nc2)C1. The Labute approximate surface area is 295 Å². The predicted molar refractivity (Wildman–Crippen MR) is 191 cm³/mol. The molecule has 258 valence electrons. The lowest BCUT2D eigenvalue weighted by molar-refractivity contribution is 0.0573. The maximum Gasteiger partial charge on any atom is 0.271 e. The van der Waals surface area contributed by atoms with E-state index in [1.807, 2.05) is 18.3 Å². The highest BCUT2D eigenvalue weighted by atomic mass is 32.1. The smallest absolute Gasteiger partial charge is 0.271 e. The summed E-state index contributed by atoms with van der Waals surface area (Å²) < 4.78 is 42.7. The molecule has 1 fully saturated rings. The maximum atomic E-state index is 15.5. The summed E-state index contributed by atoms with van der Waals surface area (Å²) in [6, 6.07) is 17.7. The van der Waals surface area contributed by atoms with Crippen molar-refractivity contribution in [2.24, 2.45) is 0 Å². The van der Waals surface area contributed by atoms with Crippen molar-refractivity contribution in [2.45, 2.75) is 19.0 Å². The second-order valence-electron chi connectivity index (χ2n) is 12.8. The highest BCUT2D eigenvalue weighted by Crippen LogP contribution is 2.39. The molecule has 0 bridgehead atoms. The van der Waals surface area contributed by atoms with Gasteiger partial charge in [-0.3, -0.25) is 29.0 Å². The van der Waals surface area contributed by atoms with Crippen LogP contribution in [-0.4, -0.2) is 70.1 Å². The number of nitrogens with zero attached hydrogens (tertiary/aromatic N) is 5. The first kappa shape index (κ1) is 32.7. The van der Waals surface area contributed by atoms with Crippen molar-refractivity contribution in [2.75, 3.05) is 39.1 Å². The number of ether oxygens (including phenoxy) is 2. The molecule has 0 atom stereocenters. The minimum absolute atomic E-state index is 0.0528. The van der Waals surface area contributed by atoms with Crippen LogP contribution in [0, 0.1) is 11.6 Å². The molecule has 0 aliphatic carbocycles. The van der Waals surface area contributed by atoms with Gasteiger partial charge >= 0.3 is 0 Å². The van der Waals surface area contributed by atoms with Gasteiger partial charge in [0.2, 0.25) is 0 Å². The van der Waals surface area contributed by atoms with Crippen molar-refractivity contribution < 1.29 is 23.0 Å². The average molecular weight is 707 g/mol. The van der Waals surface area contributed by atoms with Crippen LogP contribution in [0.2, 0.25) is 0 Å². The molecule has 1 N–H and O–H groups in total. The molecule has 0 spiro atoms. The topological polar surface area (TPSA) is 102 Å². The van der Waals surface area contributed by atoms with Crippen LogP contribution < -0.4 is 20.3 Å². The molecule has 2 aromatic carbocycles. The number of rotatable bonds is 9. The predicted octanol–water partition coefficient (Wildman–Crippen LogP) is 6.51. The number of likely N-dealkylation sites (N-methyl/N-ethyl adjacent to an activating group) is 1. The van der Waals surface area contributed by atoms with Gasteiger partial charge in [-0.2, -0.15) is 0 Å². The minimum Gasteiger partial charge on any atom is -0.492 e. The van der Waals surface area contributed by atoms with Crippen LogP contribution in [0.4, 0.5) is 14.5 Å². The lowest BCUT2D eigenvalue weighted by atomic mass is 10.1. The summed E-state index contributed by atoms with van der Waals surface area (Å²) >= 11 is 1.45. The van der Waals surface area contributed by atoms with Crippen LogP contribution in [0.5, 0.6) is 17.2 Å². The zero-order valence-corrected chi connectivity index (χ0v) is 28.5. The van der Waals surface area contributed by atoms with Crippen LogP contribution in [0.1, 0.15) is 21.5 Å². The first-order valence-corrected chi connectivity index (χ1v) is 17.2. The van der Waals surface area contributed by atoms with E-state index in [-0.39, 0.29) is 22.7 Å². The van der Waals surface area contributed by atoms with Crippen LogP contribution in [0.25, 0.3) is 26.5 Å². The Bertz CT molecular complexity index is 2340. The fourth-order valence-corrected chi connectivity index (χ4v) is 7.31. The quantitative estimate of drug-likeness (QED) is 0.182. The zero-order chi connectivity index (χ0) is 35.2. The van der Waals surface area contributed by atoms with Crippen molar-refractivity contribution in [1.29, 1.82) is 0 Å². The van der Waals surface area contributed by atoms with Gasteiger partial charge in [0.15, 0.2) is 11.6 Å². The van der Waals surface area contributed by atoms with Crippen molar-refractivity contribution in [3.05, 3.63) is 124 Å². The van der Waals surface area contributed by atoms with Gasteiger partial charge in [0.05, 0.1) is 27.4 Å². The lowest BCUT2D eigenvalue weighted by Crippen LogP contribution is -2.56. The Kier molecular flexibility index (Phi) is 8.54. The molecule has 10 nitrogen and oxygen atoms in total. The highest BCUT2D eigenvalue weighted by molar-refractivity contribution is 7.22. The van der Waals surface area contributed by atoms with Crippen molar-refractivity contribution >= 4 is 33.1 Å². The van der Waals surface area contributed by atoms with Crippen LogP contribution in [-0.2, 0) is 13.0 Å². The second kappa shape index (κ2) is 13.3. The number of hydrogen-bond acceptors (Lipinski definition) is 9. The second-order valence-corrected chi connectivity index (χ2v) is 13.9. The summed E-state index contributed by atoms with van der Waals surface area (Å²) in [5.74, 6) is -1.37. The molecule has 8 rings (SSSR count). The van der Waals surface area contributed by atoms with Crippen molar-refractivity contribution in [1.82, 2.24) is 24.3 Å². The number of likely N-dealkylation sites (tertiary alicyclic amines) is 1. The van der Waals surface area contributed by atoms with Gasteiger partial charge in [0.1, 0.15) is 22.9 Å². The standard InChI is InChI=1S/C38H32F2N6O4S/c1-44(2)27-20-45(21-27)18-22-3-9-29(42-17-22)33-16-30-36(51-33)32(11-13-41-30)50-31-10-6-25(15-28(31)40)43-37(47)34-35-23(12-14-49-35)19-46(38(34)48)26-7-4-24(39)5-8-26/h3-11,13,15-17,19,27H,12,14,18,20-21H2,1-2H3,(H,43,47). The van der Waals surface area contributed by atoms with Crippen LogP contribution in [0.15, 0.2) is 90.1 Å². The van der Waals surface area contributed by atoms with Gasteiger partial charge in [0, 0.05) is 79.8 Å². The molecule has 13 heteroatoms. The first-order valence-electron chi connectivity index (χ1n) is 16.4. The Morgan fingerprint density at radius 1 is 1.04 bits per heavy atom. The molecular formula is C38H32F2N6O4S. The number of carbonyl (C=O) groups excluding carboxylic acids is 1. The third kappa shape index (κ3) is 6.47. The molecule has 6 aromatic rings. The number of hydrogen-bond donors (Lipinski definition) is 1. The summed E-state index contributed by atoms with van der Waals surface area (Å²) in [7, 11) is 4.21. The highest BCUT2D eigenvalue weighted by Gasteiger charge is 2.29. The van der Waals surface area contributed by atoms with E-state index < -0.39 is 23.1 Å². The molecule has 4 aromatic heterocycles. The number of nitrogens with one attached hydrogen (secondary N) is 1. The molecule has 0 saturated carbocycles. The summed E-state index contributed by atoms with van der Waals surface area (Å²) in [5.41, 5.74) is 2.97. The number of thiophene rings is 1. The molecule has 2 aliphatic rings. The Balaban J connectivity index is 0.987. The average Bonchev–Trinajstić information content (AvgIpc) is 3.75. The molecular weight excluding hydrogens is 675 g/mol. The van der Waals surface area contributed by atoms with Gasteiger partial charge < -0.3 is 19.7 Å². The Morgan fingerprint density at radius 2 is 1.86 bits per heavy atom. The summed E-state index contributed by atoms with van der Waals surface area (Å²) in [6.07, 6.45) is 5.59. The van der Waals surface area contributed by atoms with Gasteiger partial charge in [0.25, 0.3) is 11.5 Å². The molecule has 2 aliphatic heterocycles. The number of halogens is 2. The fourth-order valence-electron chi connectivity index (χ4n) is 6.27. The lowest BCUT2D eigenvalue weighted by Gasteiger charge is -2.42. The van der Waals surface area contributed by atoms with E-state index in [9.17, 15) is 14.0 Å². The van der Waals surface area contributed by atoms with Crippen LogP contribution >= 0.6 is 11.3 Å². The number of fused-ring (bicyclic) bond motifs is 2. The van der Waals surface area contributed by atoms with E-state index in [1.54, 1.807) is 18.5 Å². The Morgan fingerprint density at radius 3 is 2.61 bits per heavy atom. The van der Waals surface area contributed by atoms with Crippen molar-refractivity contribution in [3.8, 4) is 33.5 Å². The largest absolute Gasteiger partial charge is 0.492 e. The molecule has 51 heavy (non-hydrogen) atoms. The van der Waals surface area contributed by atoms with Gasteiger partial charge in [-0.1, -0.05) is 6.07 Å². The minimum atomic E-state index is -0.759. The third-order valence-corrected chi connectivity index (χ3v) is 10.3. The third-order valence-electron chi connectivity index (χ3n) is 9.12. The van der Waals surface area contributed by atoms with E-state index >= 15 is 4.39 Å². The molecule has 1 saturated heterocycles. The number of benzene rings is 2. The number of carbonyl (C=O) groups is 1. The number of anilines is 1. The number of amides is 1. The van der Waals surface area contributed by atoms with E-state index in [4.69, 9.17) is 14.5 Å². The monoisotopic (exact) mass is 706 g/mol. The number of aromatic nitrogens is 3. The van der Waals surface area contributed by atoms with Crippen LogP contribution in [0.3, 0.4) is 0 Å².